The Kier molecular flexibility index (Phi) is 3.92. The second-order valence-electron chi connectivity index (χ2n) is 5.49. The molecule has 6 heteroatoms. The first-order valence-corrected chi connectivity index (χ1v) is 7.42. The molecule has 0 radical (unpaired) electrons. The number of aryl methyl sites for hydroxylation is 1. The van der Waals surface area contributed by atoms with E-state index >= 15 is 0 Å². The summed E-state index contributed by atoms with van der Waals surface area (Å²) < 4.78 is 0. The number of nitrogens with zero attached hydrogens (tertiary/aromatic N) is 3. The van der Waals surface area contributed by atoms with Gasteiger partial charge in [-0.05, 0) is 43.4 Å². The number of rotatable bonds is 3. The summed E-state index contributed by atoms with van der Waals surface area (Å²) in [6.45, 7) is 3.34. The Hall–Kier alpha value is -1.88. The van der Waals surface area contributed by atoms with E-state index in [1.165, 1.54) is 5.56 Å². The Morgan fingerprint density at radius 2 is 2.14 bits per heavy atom. The molecule has 21 heavy (non-hydrogen) atoms. The molecule has 1 fully saturated rings. The second kappa shape index (κ2) is 5.85. The van der Waals surface area contributed by atoms with E-state index in [9.17, 15) is 4.79 Å². The van der Waals surface area contributed by atoms with Gasteiger partial charge in [0.2, 0.25) is 0 Å². The lowest BCUT2D eigenvalue weighted by Gasteiger charge is -2.15. The summed E-state index contributed by atoms with van der Waals surface area (Å²) in [5, 5.41) is 11.1. The minimum atomic E-state index is -0.0279. The van der Waals surface area contributed by atoms with Crippen molar-refractivity contribution in [2.24, 2.45) is 5.92 Å². The van der Waals surface area contributed by atoms with Crippen LogP contribution < -0.4 is 0 Å². The molecule has 2 heterocycles. The average molecular weight is 305 g/mol. The fourth-order valence-electron chi connectivity index (χ4n) is 2.77. The molecule has 2 aromatic rings. The number of amides is 1. The smallest absolute Gasteiger partial charge is 0.276 e. The van der Waals surface area contributed by atoms with Crippen LogP contribution in [0.2, 0.25) is 5.02 Å². The highest BCUT2D eigenvalue weighted by atomic mass is 35.5. The van der Waals surface area contributed by atoms with Crippen molar-refractivity contribution in [2.45, 2.75) is 19.8 Å². The lowest BCUT2D eigenvalue weighted by Crippen LogP contribution is -2.29. The predicted molar refractivity (Wildman–Crippen MR) is 80.3 cm³/mol. The molecule has 110 valence electrons. The van der Waals surface area contributed by atoms with Crippen LogP contribution in [0.15, 0.2) is 24.3 Å². The highest BCUT2D eigenvalue weighted by Gasteiger charge is 2.29. The molecule has 0 spiro atoms. The molecule has 1 aromatic carbocycles. The molecule has 3 rings (SSSR count). The largest absolute Gasteiger partial charge is 0.337 e. The van der Waals surface area contributed by atoms with Crippen molar-refractivity contribution < 1.29 is 4.79 Å². The normalized spacial score (nSPS) is 18.2. The van der Waals surface area contributed by atoms with Gasteiger partial charge >= 0.3 is 0 Å². The maximum Gasteiger partial charge on any atom is 0.276 e. The first-order valence-electron chi connectivity index (χ1n) is 7.04. The minimum Gasteiger partial charge on any atom is -0.337 e. The fourth-order valence-corrected chi connectivity index (χ4v) is 2.90. The second-order valence-corrected chi connectivity index (χ2v) is 5.93. The standard InChI is InChI=1S/C15H17ClN4O/c1-10-14(18-19-17-10)15(21)20-7-6-12(9-20)8-11-2-4-13(16)5-3-11/h2-5,12H,6-9H2,1H3,(H,17,18,19). The molecule has 0 bridgehead atoms. The molecule has 1 saturated heterocycles. The maximum atomic E-state index is 12.4. The van der Waals surface area contributed by atoms with Crippen LogP contribution >= 0.6 is 11.6 Å². The van der Waals surface area contributed by atoms with E-state index in [0.29, 0.717) is 17.3 Å². The van der Waals surface area contributed by atoms with E-state index in [1.54, 1.807) is 6.92 Å². The van der Waals surface area contributed by atoms with Crippen LogP contribution in [0.25, 0.3) is 0 Å². The van der Waals surface area contributed by atoms with Crippen LogP contribution in [0.5, 0.6) is 0 Å². The molecule has 1 amide bonds. The molecule has 1 atom stereocenters. The Balaban J connectivity index is 1.62. The topological polar surface area (TPSA) is 61.9 Å². The van der Waals surface area contributed by atoms with Crippen LogP contribution in [-0.2, 0) is 6.42 Å². The van der Waals surface area contributed by atoms with E-state index in [-0.39, 0.29) is 5.91 Å². The van der Waals surface area contributed by atoms with Gasteiger partial charge in [0, 0.05) is 18.1 Å². The molecular formula is C15H17ClN4O. The quantitative estimate of drug-likeness (QED) is 0.947. The molecule has 0 saturated carbocycles. The summed E-state index contributed by atoms with van der Waals surface area (Å²) in [6, 6.07) is 7.92. The third-order valence-electron chi connectivity index (χ3n) is 3.94. The van der Waals surface area contributed by atoms with Crippen molar-refractivity contribution in [3.05, 3.63) is 46.2 Å². The molecule has 1 aromatic heterocycles. The van der Waals surface area contributed by atoms with Gasteiger partial charge in [-0.15, -0.1) is 0 Å². The highest BCUT2D eigenvalue weighted by molar-refractivity contribution is 6.30. The highest BCUT2D eigenvalue weighted by Crippen LogP contribution is 2.23. The molecule has 0 aliphatic carbocycles. The summed E-state index contributed by atoms with van der Waals surface area (Å²) in [5.41, 5.74) is 2.35. The number of carbonyl (C=O) groups excluding carboxylic acids is 1. The first-order chi connectivity index (χ1) is 10.1. The van der Waals surface area contributed by atoms with E-state index < -0.39 is 0 Å². The van der Waals surface area contributed by atoms with Gasteiger partial charge < -0.3 is 4.90 Å². The Morgan fingerprint density at radius 1 is 1.38 bits per heavy atom. The average Bonchev–Trinajstić information content (AvgIpc) is 3.10. The summed E-state index contributed by atoms with van der Waals surface area (Å²) in [4.78, 5) is 14.2. The molecule has 1 aliphatic heterocycles. The number of aromatic nitrogens is 3. The third-order valence-corrected chi connectivity index (χ3v) is 4.19. The van der Waals surface area contributed by atoms with E-state index in [1.807, 2.05) is 17.0 Å². The van der Waals surface area contributed by atoms with Gasteiger partial charge in [0.05, 0.1) is 5.69 Å². The third kappa shape index (κ3) is 3.08. The summed E-state index contributed by atoms with van der Waals surface area (Å²) in [6.07, 6.45) is 1.99. The van der Waals surface area contributed by atoms with E-state index in [4.69, 9.17) is 11.6 Å². The van der Waals surface area contributed by atoms with Crippen LogP contribution in [-0.4, -0.2) is 39.3 Å². The van der Waals surface area contributed by atoms with Crippen molar-refractivity contribution in [2.75, 3.05) is 13.1 Å². The van der Waals surface area contributed by atoms with Gasteiger partial charge in [-0.2, -0.15) is 15.4 Å². The number of nitrogens with one attached hydrogen (secondary N) is 1. The summed E-state index contributed by atoms with van der Waals surface area (Å²) in [5.74, 6) is 0.460. The molecule has 5 nitrogen and oxygen atoms in total. The lowest BCUT2D eigenvalue weighted by atomic mass is 9.99. The van der Waals surface area contributed by atoms with Gasteiger partial charge in [-0.3, -0.25) is 4.79 Å². The Bertz CT molecular complexity index is 637. The lowest BCUT2D eigenvalue weighted by molar-refractivity contribution is 0.0780. The van der Waals surface area contributed by atoms with Crippen molar-refractivity contribution in [1.29, 1.82) is 0 Å². The summed E-state index contributed by atoms with van der Waals surface area (Å²) >= 11 is 5.90. The zero-order valence-corrected chi connectivity index (χ0v) is 12.6. The van der Waals surface area contributed by atoms with Crippen molar-refractivity contribution in [1.82, 2.24) is 20.3 Å². The van der Waals surface area contributed by atoms with Gasteiger partial charge in [-0.1, -0.05) is 23.7 Å². The number of benzene rings is 1. The van der Waals surface area contributed by atoms with Crippen molar-refractivity contribution in [3.8, 4) is 0 Å². The van der Waals surface area contributed by atoms with Crippen LogP contribution in [0.1, 0.15) is 28.2 Å². The van der Waals surface area contributed by atoms with Crippen LogP contribution in [0.3, 0.4) is 0 Å². The van der Waals surface area contributed by atoms with Gasteiger partial charge in [0.25, 0.3) is 5.91 Å². The Labute approximate surface area is 128 Å². The molecule has 1 unspecified atom stereocenters. The number of likely N-dealkylation sites (tertiary alicyclic amines) is 1. The maximum absolute atomic E-state index is 12.4. The van der Waals surface area contributed by atoms with Gasteiger partial charge in [-0.25, -0.2) is 0 Å². The number of H-pyrrole nitrogens is 1. The number of aromatic amines is 1. The van der Waals surface area contributed by atoms with Gasteiger partial charge in [0.1, 0.15) is 0 Å². The SMILES string of the molecule is Cc1n[nH]nc1C(=O)N1CCC(Cc2ccc(Cl)cc2)C1. The zero-order chi connectivity index (χ0) is 14.8. The molecule has 1 N–H and O–H groups in total. The van der Waals surface area contributed by atoms with Crippen LogP contribution in [0.4, 0.5) is 0 Å². The minimum absolute atomic E-state index is 0.0279. The number of hydrogen-bond acceptors (Lipinski definition) is 3. The van der Waals surface area contributed by atoms with Gasteiger partial charge in [0.15, 0.2) is 5.69 Å². The summed E-state index contributed by atoms with van der Waals surface area (Å²) in [7, 11) is 0. The van der Waals surface area contributed by atoms with E-state index in [2.05, 4.69) is 27.5 Å². The number of hydrogen-bond donors (Lipinski definition) is 1. The molecule has 1 aliphatic rings. The zero-order valence-electron chi connectivity index (χ0n) is 11.8. The number of halogens is 1. The fraction of sp³-hybridized carbons (Fsp3) is 0.400. The predicted octanol–water partition coefficient (Wildman–Crippen LogP) is 2.47. The number of carbonyl (C=O) groups is 1. The van der Waals surface area contributed by atoms with Crippen molar-refractivity contribution >= 4 is 17.5 Å². The molecular weight excluding hydrogens is 288 g/mol. The monoisotopic (exact) mass is 304 g/mol. The van der Waals surface area contributed by atoms with E-state index in [0.717, 1.165) is 31.0 Å². The Morgan fingerprint density at radius 3 is 2.81 bits per heavy atom. The van der Waals surface area contributed by atoms with Crippen molar-refractivity contribution in [3.63, 3.8) is 0 Å². The first kappa shape index (κ1) is 14.1. The van der Waals surface area contributed by atoms with Crippen LogP contribution in [0, 0.1) is 12.8 Å².